The highest BCUT2D eigenvalue weighted by Gasteiger charge is 2.11. The highest BCUT2D eigenvalue weighted by Crippen LogP contribution is 2.11. The van der Waals surface area contributed by atoms with E-state index in [4.69, 9.17) is 0 Å². The molecule has 0 bridgehead atoms. The zero-order valence-electron chi connectivity index (χ0n) is 12.4. The molecule has 1 rings (SSSR count). The SMILES string of the molecule is CCNC(=O)CNc1ccc(C(=O)N(CC)CC)cc1. The van der Waals surface area contributed by atoms with Crippen molar-refractivity contribution in [2.45, 2.75) is 20.8 Å². The largest absolute Gasteiger partial charge is 0.376 e. The van der Waals surface area contributed by atoms with Crippen LogP contribution in [0.25, 0.3) is 0 Å². The molecule has 2 amide bonds. The lowest BCUT2D eigenvalue weighted by Gasteiger charge is -2.18. The number of benzene rings is 1. The van der Waals surface area contributed by atoms with Crippen molar-refractivity contribution < 1.29 is 9.59 Å². The summed E-state index contributed by atoms with van der Waals surface area (Å²) >= 11 is 0. The molecule has 110 valence electrons. The number of hydrogen-bond acceptors (Lipinski definition) is 3. The van der Waals surface area contributed by atoms with Gasteiger partial charge in [-0.05, 0) is 45.0 Å². The summed E-state index contributed by atoms with van der Waals surface area (Å²) < 4.78 is 0. The van der Waals surface area contributed by atoms with Gasteiger partial charge in [0.2, 0.25) is 5.91 Å². The third kappa shape index (κ3) is 4.57. The number of carbonyl (C=O) groups excluding carboxylic acids is 2. The first kappa shape index (κ1) is 16.0. The van der Waals surface area contributed by atoms with Crippen molar-refractivity contribution in [2.75, 3.05) is 31.5 Å². The van der Waals surface area contributed by atoms with Gasteiger partial charge in [0, 0.05) is 30.9 Å². The second-order valence-electron chi connectivity index (χ2n) is 4.36. The van der Waals surface area contributed by atoms with Crippen LogP contribution in [0, 0.1) is 0 Å². The van der Waals surface area contributed by atoms with E-state index >= 15 is 0 Å². The number of nitrogens with one attached hydrogen (secondary N) is 2. The van der Waals surface area contributed by atoms with E-state index in [2.05, 4.69) is 10.6 Å². The second kappa shape index (κ2) is 8.19. The van der Waals surface area contributed by atoms with Crippen molar-refractivity contribution >= 4 is 17.5 Å². The Hall–Kier alpha value is -2.04. The predicted octanol–water partition coefficient (Wildman–Crippen LogP) is 1.72. The van der Waals surface area contributed by atoms with Crippen LogP contribution in [0.3, 0.4) is 0 Å². The molecule has 0 aromatic heterocycles. The van der Waals surface area contributed by atoms with Crippen LogP contribution < -0.4 is 10.6 Å². The monoisotopic (exact) mass is 277 g/mol. The summed E-state index contributed by atoms with van der Waals surface area (Å²) in [5, 5.41) is 5.73. The van der Waals surface area contributed by atoms with Gasteiger partial charge in [0.05, 0.1) is 6.54 Å². The molecule has 0 atom stereocenters. The van der Waals surface area contributed by atoms with Crippen molar-refractivity contribution in [3.05, 3.63) is 29.8 Å². The fraction of sp³-hybridized carbons (Fsp3) is 0.467. The average molecular weight is 277 g/mol. The first-order valence-corrected chi connectivity index (χ1v) is 7.02. The van der Waals surface area contributed by atoms with E-state index in [9.17, 15) is 9.59 Å². The zero-order valence-corrected chi connectivity index (χ0v) is 12.4. The zero-order chi connectivity index (χ0) is 15.0. The van der Waals surface area contributed by atoms with Gasteiger partial charge in [0.1, 0.15) is 0 Å². The molecule has 0 radical (unpaired) electrons. The topological polar surface area (TPSA) is 61.4 Å². The molecule has 1 aromatic carbocycles. The Labute approximate surface area is 120 Å². The van der Waals surface area contributed by atoms with E-state index < -0.39 is 0 Å². The van der Waals surface area contributed by atoms with Crippen LogP contribution in [-0.4, -0.2) is 42.9 Å². The van der Waals surface area contributed by atoms with E-state index in [1.165, 1.54) is 0 Å². The first-order valence-electron chi connectivity index (χ1n) is 7.02. The molecule has 0 heterocycles. The first-order chi connectivity index (χ1) is 9.62. The van der Waals surface area contributed by atoms with Gasteiger partial charge in [-0.25, -0.2) is 0 Å². The molecule has 0 aliphatic carbocycles. The number of carbonyl (C=O) groups is 2. The number of nitrogens with zero attached hydrogens (tertiary/aromatic N) is 1. The molecule has 0 aliphatic rings. The molecular formula is C15H23N3O2. The quantitative estimate of drug-likeness (QED) is 0.797. The lowest BCUT2D eigenvalue weighted by Crippen LogP contribution is -2.30. The van der Waals surface area contributed by atoms with E-state index in [1.54, 1.807) is 17.0 Å². The van der Waals surface area contributed by atoms with E-state index in [1.807, 2.05) is 32.9 Å². The summed E-state index contributed by atoms with van der Waals surface area (Å²) in [6.45, 7) is 8.06. The summed E-state index contributed by atoms with van der Waals surface area (Å²) in [4.78, 5) is 25.2. The summed E-state index contributed by atoms with van der Waals surface area (Å²) in [5.41, 5.74) is 1.49. The molecule has 2 N–H and O–H groups in total. The second-order valence-corrected chi connectivity index (χ2v) is 4.36. The maximum absolute atomic E-state index is 12.1. The Balaban J connectivity index is 2.60. The Bertz CT molecular complexity index is 439. The van der Waals surface area contributed by atoms with Crippen molar-refractivity contribution in [3.8, 4) is 0 Å². The molecule has 0 saturated carbocycles. The molecule has 20 heavy (non-hydrogen) atoms. The minimum absolute atomic E-state index is 0.0327. The molecule has 0 saturated heterocycles. The van der Waals surface area contributed by atoms with Crippen LogP contribution in [0.1, 0.15) is 31.1 Å². The van der Waals surface area contributed by atoms with Gasteiger partial charge in [-0.1, -0.05) is 0 Å². The molecule has 5 heteroatoms. The number of rotatable bonds is 7. The van der Waals surface area contributed by atoms with E-state index in [0.717, 1.165) is 5.69 Å². The van der Waals surface area contributed by atoms with Crippen LogP contribution in [0.4, 0.5) is 5.69 Å². The number of likely N-dealkylation sites (N-methyl/N-ethyl adjacent to an activating group) is 1. The van der Waals surface area contributed by atoms with Crippen molar-refractivity contribution in [1.29, 1.82) is 0 Å². The molecule has 0 aliphatic heterocycles. The molecular weight excluding hydrogens is 254 g/mol. The van der Waals surface area contributed by atoms with Gasteiger partial charge >= 0.3 is 0 Å². The Morgan fingerprint density at radius 2 is 1.65 bits per heavy atom. The molecule has 5 nitrogen and oxygen atoms in total. The van der Waals surface area contributed by atoms with Crippen LogP contribution >= 0.6 is 0 Å². The summed E-state index contributed by atoms with van der Waals surface area (Å²) in [6, 6.07) is 7.19. The van der Waals surface area contributed by atoms with Crippen molar-refractivity contribution in [3.63, 3.8) is 0 Å². The number of hydrogen-bond donors (Lipinski definition) is 2. The van der Waals surface area contributed by atoms with Gasteiger partial charge < -0.3 is 15.5 Å². The fourth-order valence-electron chi connectivity index (χ4n) is 1.87. The molecule has 0 unspecified atom stereocenters. The number of amides is 2. The lowest BCUT2D eigenvalue weighted by molar-refractivity contribution is -0.119. The highest BCUT2D eigenvalue weighted by atomic mass is 16.2. The van der Waals surface area contributed by atoms with Gasteiger partial charge in [-0.15, -0.1) is 0 Å². The maximum Gasteiger partial charge on any atom is 0.253 e. The maximum atomic E-state index is 12.1. The lowest BCUT2D eigenvalue weighted by atomic mass is 10.2. The van der Waals surface area contributed by atoms with E-state index in [-0.39, 0.29) is 18.4 Å². The summed E-state index contributed by atoms with van der Waals surface area (Å²) in [7, 11) is 0. The minimum atomic E-state index is -0.0456. The van der Waals surface area contributed by atoms with Crippen LogP contribution in [0.5, 0.6) is 0 Å². The van der Waals surface area contributed by atoms with Crippen LogP contribution in [0.2, 0.25) is 0 Å². The molecule has 0 spiro atoms. The number of anilines is 1. The predicted molar refractivity (Wildman–Crippen MR) is 80.9 cm³/mol. The normalized spacial score (nSPS) is 9.95. The third-order valence-electron chi connectivity index (χ3n) is 3.01. The Morgan fingerprint density at radius 1 is 1.05 bits per heavy atom. The molecule has 0 fully saturated rings. The van der Waals surface area contributed by atoms with Gasteiger partial charge in [0.15, 0.2) is 0 Å². The van der Waals surface area contributed by atoms with Gasteiger partial charge in [-0.2, -0.15) is 0 Å². The van der Waals surface area contributed by atoms with E-state index in [0.29, 0.717) is 25.2 Å². The third-order valence-corrected chi connectivity index (χ3v) is 3.01. The standard InChI is InChI=1S/C15H23N3O2/c1-4-16-14(19)11-17-13-9-7-12(8-10-13)15(20)18(5-2)6-3/h7-10,17H,4-6,11H2,1-3H3,(H,16,19). The van der Waals surface area contributed by atoms with Gasteiger partial charge in [-0.3, -0.25) is 9.59 Å². The van der Waals surface area contributed by atoms with Crippen molar-refractivity contribution in [1.82, 2.24) is 10.2 Å². The van der Waals surface area contributed by atoms with Gasteiger partial charge in [0.25, 0.3) is 5.91 Å². The Morgan fingerprint density at radius 3 is 2.15 bits per heavy atom. The van der Waals surface area contributed by atoms with Crippen LogP contribution in [0.15, 0.2) is 24.3 Å². The van der Waals surface area contributed by atoms with Crippen molar-refractivity contribution in [2.24, 2.45) is 0 Å². The average Bonchev–Trinajstić information content (AvgIpc) is 2.47. The van der Waals surface area contributed by atoms with Crippen LogP contribution in [-0.2, 0) is 4.79 Å². The smallest absolute Gasteiger partial charge is 0.253 e. The molecule has 1 aromatic rings. The summed E-state index contributed by atoms with van der Waals surface area (Å²) in [6.07, 6.45) is 0. The minimum Gasteiger partial charge on any atom is -0.376 e. The highest BCUT2D eigenvalue weighted by molar-refractivity contribution is 5.94. The fourth-order valence-corrected chi connectivity index (χ4v) is 1.87. The Kier molecular flexibility index (Phi) is 6.56. The summed E-state index contributed by atoms with van der Waals surface area (Å²) in [5.74, 6) is -0.0129.